The number of hydrogen-bond donors (Lipinski definition) is 0. The van der Waals surface area contributed by atoms with Crippen molar-refractivity contribution in [3.8, 4) is 0 Å². The third-order valence-electron chi connectivity index (χ3n) is 3.80. The number of aromatic nitrogens is 1. The Balaban J connectivity index is 1.86. The standard InChI is InChI=1S/C19H20N2O3S/c1-16-6-4-7-17(12-16)15-25(22,23)21(14-19-9-5-11-24-19)13-18-8-2-3-10-20-18/h2-12H,13-15H2,1H3. The molecule has 5 nitrogen and oxygen atoms in total. The molecule has 0 saturated carbocycles. The highest BCUT2D eigenvalue weighted by Gasteiger charge is 2.24. The van der Waals surface area contributed by atoms with Crippen molar-refractivity contribution in [1.29, 1.82) is 0 Å². The lowest BCUT2D eigenvalue weighted by Crippen LogP contribution is -2.31. The lowest BCUT2D eigenvalue weighted by molar-refractivity contribution is 0.355. The highest BCUT2D eigenvalue weighted by molar-refractivity contribution is 7.88. The number of pyridine rings is 1. The molecule has 3 rings (SSSR count). The molecule has 0 atom stereocenters. The maximum Gasteiger partial charge on any atom is 0.219 e. The summed E-state index contributed by atoms with van der Waals surface area (Å²) >= 11 is 0. The topological polar surface area (TPSA) is 63.4 Å². The van der Waals surface area contributed by atoms with Gasteiger partial charge in [-0.2, -0.15) is 4.31 Å². The van der Waals surface area contributed by atoms with Crippen LogP contribution in [0.15, 0.2) is 71.5 Å². The zero-order chi connectivity index (χ0) is 17.7. The van der Waals surface area contributed by atoms with E-state index in [1.165, 1.54) is 4.31 Å². The number of rotatable bonds is 7. The maximum atomic E-state index is 13.0. The molecule has 2 aromatic heterocycles. The van der Waals surface area contributed by atoms with E-state index in [0.717, 1.165) is 11.1 Å². The quantitative estimate of drug-likeness (QED) is 0.650. The summed E-state index contributed by atoms with van der Waals surface area (Å²) in [5.41, 5.74) is 2.50. The average molecular weight is 356 g/mol. The van der Waals surface area contributed by atoms with Gasteiger partial charge in [-0.25, -0.2) is 8.42 Å². The summed E-state index contributed by atoms with van der Waals surface area (Å²) < 4.78 is 32.7. The lowest BCUT2D eigenvalue weighted by atomic mass is 10.2. The first-order chi connectivity index (χ1) is 12.0. The monoisotopic (exact) mass is 356 g/mol. The highest BCUT2D eigenvalue weighted by Crippen LogP contribution is 2.18. The first-order valence-electron chi connectivity index (χ1n) is 7.98. The fourth-order valence-electron chi connectivity index (χ4n) is 2.61. The molecular weight excluding hydrogens is 336 g/mol. The lowest BCUT2D eigenvalue weighted by Gasteiger charge is -2.21. The molecule has 0 N–H and O–H groups in total. The molecule has 0 aliphatic rings. The van der Waals surface area contributed by atoms with Gasteiger partial charge >= 0.3 is 0 Å². The van der Waals surface area contributed by atoms with Gasteiger partial charge in [0.1, 0.15) is 5.76 Å². The fourth-order valence-corrected chi connectivity index (χ4v) is 4.04. The van der Waals surface area contributed by atoms with Crippen LogP contribution in [0.5, 0.6) is 0 Å². The molecule has 1 aromatic carbocycles. The second-order valence-electron chi connectivity index (χ2n) is 5.91. The van der Waals surface area contributed by atoms with Crippen molar-refractivity contribution in [3.63, 3.8) is 0 Å². The van der Waals surface area contributed by atoms with Crippen LogP contribution in [0.1, 0.15) is 22.6 Å². The Kier molecular flexibility index (Phi) is 5.31. The molecule has 25 heavy (non-hydrogen) atoms. The molecule has 2 heterocycles. The number of sulfonamides is 1. The largest absolute Gasteiger partial charge is 0.468 e. The van der Waals surface area contributed by atoms with Crippen molar-refractivity contribution in [3.05, 3.63) is 89.6 Å². The van der Waals surface area contributed by atoms with E-state index in [2.05, 4.69) is 4.98 Å². The molecule has 0 unspecified atom stereocenters. The zero-order valence-corrected chi connectivity index (χ0v) is 14.8. The number of benzene rings is 1. The maximum absolute atomic E-state index is 13.0. The Labute approximate surface area is 148 Å². The SMILES string of the molecule is Cc1cccc(CS(=O)(=O)N(Cc2ccccn2)Cc2ccco2)c1. The van der Waals surface area contributed by atoms with Crippen LogP contribution in [-0.2, 0) is 28.9 Å². The zero-order valence-electron chi connectivity index (χ0n) is 14.0. The normalized spacial score (nSPS) is 11.8. The van der Waals surface area contributed by atoms with Gasteiger partial charge in [-0.3, -0.25) is 4.98 Å². The van der Waals surface area contributed by atoms with E-state index in [-0.39, 0.29) is 18.8 Å². The Morgan fingerprint density at radius 1 is 1.04 bits per heavy atom. The summed E-state index contributed by atoms with van der Waals surface area (Å²) in [7, 11) is -3.53. The molecule has 0 spiro atoms. The second kappa shape index (κ2) is 7.63. The van der Waals surface area contributed by atoms with Gasteiger partial charge in [0.25, 0.3) is 0 Å². The minimum Gasteiger partial charge on any atom is -0.468 e. The van der Waals surface area contributed by atoms with Gasteiger partial charge in [-0.1, -0.05) is 35.9 Å². The van der Waals surface area contributed by atoms with Crippen molar-refractivity contribution in [2.75, 3.05) is 0 Å². The van der Waals surface area contributed by atoms with Crippen molar-refractivity contribution in [2.24, 2.45) is 0 Å². The average Bonchev–Trinajstić information content (AvgIpc) is 3.08. The van der Waals surface area contributed by atoms with Crippen LogP contribution < -0.4 is 0 Å². The second-order valence-corrected chi connectivity index (χ2v) is 7.88. The van der Waals surface area contributed by atoms with Crippen LogP contribution in [-0.4, -0.2) is 17.7 Å². The van der Waals surface area contributed by atoms with E-state index >= 15 is 0 Å². The van der Waals surface area contributed by atoms with Crippen LogP contribution in [0.25, 0.3) is 0 Å². The Morgan fingerprint density at radius 3 is 2.60 bits per heavy atom. The molecule has 0 amide bonds. The van der Waals surface area contributed by atoms with Crippen molar-refractivity contribution >= 4 is 10.0 Å². The number of furan rings is 1. The Hall–Kier alpha value is -2.44. The van der Waals surface area contributed by atoms with Crippen LogP contribution in [0.2, 0.25) is 0 Å². The van der Waals surface area contributed by atoms with Gasteiger partial charge in [-0.15, -0.1) is 0 Å². The molecule has 0 aliphatic carbocycles. The van der Waals surface area contributed by atoms with Gasteiger partial charge in [0, 0.05) is 6.20 Å². The van der Waals surface area contributed by atoms with Gasteiger partial charge in [0.15, 0.2) is 0 Å². The number of nitrogens with zero attached hydrogens (tertiary/aromatic N) is 2. The Bertz CT molecular complexity index is 907. The van der Waals surface area contributed by atoms with Crippen molar-refractivity contribution in [1.82, 2.24) is 9.29 Å². The van der Waals surface area contributed by atoms with Gasteiger partial charge in [0.2, 0.25) is 10.0 Å². The minimum atomic E-state index is -3.53. The summed E-state index contributed by atoms with van der Waals surface area (Å²) in [6, 6.07) is 16.5. The summed E-state index contributed by atoms with van der Waals surface area (Å²) in [4.78, 5) is 4.25. The van der Waals surface area contributed by atoms with Crippen LogP contribution in [0.4, 0.5) is 0 Å². The summed E-state index contributed by atoms with van der Waals surface area (Å²) in [6.07, 6.45) is 3.20. The van der Waals surface area contributed by atoms with Crippen molar-refractivity contribution in [2.45, 2.75) is 25.8 Å². The first kappa shape index (κ1) is 17.4. The smallest absolute Gasteiger partial charge is 0.219 e. The third kappa shape index (κ3) is 4.78. The molecule has 0 bridgehead atoms. The molecule has 130 valence electrons. The van der Waals surface area contributed by atoms with E-state index in [0.29, 0.717) is 11.5 Å². The molecule has 0 aliphatic heterocycles. The van der Waals surface area contributed by atoms with Crippen molar-refractivity contribution < 1.29 is 12.8 Å². The van der Waals surface area contributed by atoms with E-state index in [4.69, 9.17) is 4.42 Å². The third-order valence-corrected chi connectivity index (χ3v) is 5.54. The molecule has 3 aromatic rings. The van der Waals surface area contributed by atoms with Crippen LogP contribution >= 0.6 is 0 Å². The number of aryl methyl sites for hydroxylation is 1. The Morgan fingerprint density at radius 2 is 1.92 bits per heavy atom. The highest BCUT2D eigenvalue weighted by atomic mass is 32.2. The summed E-state index contributed by atoms with van der Waals surface area (Å²) in [5, 5.41) is 0. The predicted octanol–water partition coefficient (Wildman–Crippen LogP) is 3.52. The summed E-state index contributed by atoms with van der Waals surface area (Å²) in [5.74, 6) is 0.547. The van der Waals surface area contributed by atoms with E-state index < -0.39 is 10.0 Å². The van der Waals surface area contributed by atoms with Gasteiger partial charge < -0.3 is 4.42 Å². The van der Waals surface area contributed by atoms with E-state index in [1.807, 2.05) is 49.4 Å². The van der Waals surface area contributed by atoms with Crippen LogP contribution in [0, 0.1) is 6.92 Å². The first-order valence-corrected chi connectivity index (χ1v) is 9.59. The molecule has 0 fully saturated rings. The van der Waals surface area contributed by atoms with Gasteiger partial charge in [-0.05, 0) is 36.8 Å². The molecule has 6 heteroatoms. The molecule has 0 saturated heterocycles. The predicted molar refractivity (Wildman–Crippen MR) is 96.0 cm³/mol. The van der Waals surface area contributed by atoms with Crippen LogP contribution in [0.3, 0.4) is 0 Å². The van der Waals surface area contributed by atoms with Gasteiger partial charge in [0.05, 0.1) is 30.8 Å². The molecule has 0 radical (unpaired) electrons. The van der Waals surface area contributed by atoms with E-state index in [9.17, 15) is 8.42 Å². The minimum absolute atomic E-state index is 0.0534. The number of hydrogen-bond acceptors (Lipinski definition) is 4. The summed E-state index contributed by atoms with van der Waals surface area (Å²) in [6.45, 7) is 2.33. The molecular formula is C19H20N2O3S. The van der Waals surface area contributed by atoms with E-state index in [1.54, 1.807) is 24.6 Å². The fraction of sp³-hybridized carbons (Fsp3) is 0.211.